The second-order valence-corrected chi connectivity index (χ2v) is 6.26. The Morgan fingerprint density at radius 1 is 1.13 bits per heavy atom. The third-order valence-electron chi connectivity index (χ3n) is 2.86. The average Bonchev–Trinajstić information content (AvgIpc) is 2.51. The zero-order chi connectivity index (χ0) is 17.0. The number of nitriles is 1. The topological polar surface area (TPSA) is 93.3 Å². The van der Waals surface area contributed by atoms with E-state index in [1.165, 1.54) is 12.1 Å². The lowest BCUT2D eigenvalue weighted by Crippen LogP contribution is -2.13. The zero-order valence-electron chi connectivity index (χ0n) is 11.5. The number of nitrogens with zero attached hydrogens (tertiary/aromatic N) is 1. The summed E-state index contributed by atoms with van der Waals surface area (Å²) in [5, 5.41) is 31.0. The summed E-state index contributed by atoms with van der Waals surface area (Å²) in [7, 11) is 0. The van der Waals surface area contributed by atoms with Crippen molar-refractivity contribution in [2.75, 3.05) is 5.32 Å². The lowest BCUT2D eigenvalue weighted by molar-refractivity contribution is -0.112. The first-order chi connectivity index (χ1) is 10.9. The molecule has 116 valence electrons. The van der Waals surface area contributed by atoms with Gasteiger partial charge in [0.05, 0.1) is 4.47 Å². The van der Waals surface area contributed by atoms with Crippen molar-refractivity contribution in [3.8, 4) is 17.6 Å². The molecule has 3 N–H and O–H groups in total. The molecule has 0 bridgehead atoms. The molecule has 0 spiro atoms. The van der Waals surface area contributed by atoms with Crippen LogP contribution in [-0.2, 0) is 4.79 Å². The summed E-state index contributed by atoms with van der Waals surface area (Å²) in [6, 6.07) is 11.2. The lowest BCUT2D eigenvalue weighted by Gasteiger charge is -2.06. The SMILES string of the molecule is N#C/C(=C/c1cc(Br)c(O)cc1O)C(=O)Nc1ccc(Br)cc1. The predicted molar refractivity (Wildman–Crippen MR) is 93.8 cm³/mol. The van der Waals surface area contributed by atoms with E-state index in [9.17, 15) is 15.0 Å². The van der Waals surface area contributed by atoms with Gasteiger partial charge in [0.1, 0.15) is 23.1 Å². The van der Waals surface area contributed by atoms with Crippen molar-refractivity contribution < 1.29 is 15.0 Å². The van der Waals surface area contributed by atoms with Gasteiger partial charge in [-0.1, -0.05) is 15.9 Å². The van der Waals surface area contributed by atoms with Gasteiger partial charge in [0, 0.05) is 21.8 Å². The van der Waals surface area contributed by atoms with E-state index in [0.717, 1.165) is 10.5 Å². The third kappa shape index (κ3) is 4.34. The first-order valence-electron chi connectivity index (χ1n) is 6.31. The van der Waals surface area contributed by atoms with Gasteiger partial charge in [-0.3, -0.25) is 4.79 Å². The highest BCUT2D eigenvalue weighted by atomic mass is 79.9. The number of carbonyl (C=O) groups is 1. The summed E-state index contributed by atoms with van der Waals surface area (Å²) in [6.07, 6.45) is 1.24. The van der Waals surface area contributed by atoms with Crippen molar-refractivity contribution in [2.45, 2.75) is 0 Å². The van der Waals surface area contributed by atoms with Crippen molar-refractivity contribution in [1.29, 1.82) is 5.26 Å². The van der Waals surface area contributed by atoms with Gasteiger partial charge in [-0.25, -0.2) is 0 Å². The van der Waals surface area contributed by atoms with Crippen molar-refractivity contribution in [3.05, 3.63) is 56.5 Å². The number of phenolic OH excluding ortho intramolecular Hbond substituents is 2. The Morgan fingerprint density at radius 2 is 1.78 bits per heavy atom. The van der Waals surface area contributed by atoms with Crippen molar-refractivity contribution in [3.63, 3.8) is 0 Å². The van der Waals surface area contributed by atoms with Gasteiger partial charge < -0.3 is 15.5 Å². The number of aromatic hydroxyl groups is 2. The molecule has 0 aliphatic heterocycles. The number of hydrogen-bond donors (Lipinski definition) is 3. The maximum absolute atomic E-state index is 12.1. The molecule has 0 saturated carbocycles. The maximum Gasteiger partial charge on any atom is 0.266 e. The number of anilines is 1. The zero-order valence-corrected chi connectivity index (χ0v) is 14.7. The fourth-order valence-corrected chi connectivity index (χ4v) is 2.34. The van der Waals surface area contributed by atoms with E-state index >= 15 is 0 Å². The van der Waals surface area contributed by atoms with Gasteiger partial charge in [-0.15, -0.1) is 0 Å². The number of rotatable bonds is 3. The van der Waals surface area contributed by atoms with Crippen LogP contribution in [0.15, 0.2) is 50.9 Å². The Hall–Kier alpha value is -2.30. The van der Waals surface area contributed by atoms with Crippen molar-refractivity contribution in [1.82, 2.24) is 0 Å². The maximum atomic E-state index is 12.1. The molecule has 0 aliphatic rings. The summed E-state index contributed by atoms with van der Waals surface area (Å²) in [4.78, 5) is 12.1. The van der Waals surface area contributed by atoms with E-state index in [0.29, 0.717) is 10.2 Å². The average molecular weight is 438 g/mol. The molecule has 0 aliphatic carbocycles. The van der Waals surface area contributed by atoms with Gasteiger partial charge in [0.2, 0.25) is 0 Å². The highest BCUT2D eigenvalue weighted by molar-refractivity contribution is 9.10. The second-order valence-electron chi connectivity index (χ2n) is 4.49. The molecule has 7 heteroatoms. The van der Waals surface area contributed by atoms with Gasteiger partial charge in [-0.2, -0.15) is 5.26 Å². The number of carbonyl (C=O) groups excluding carboxylic acids is 1. The fourth-order valence-electron chi connectivity index (χ4n) is 1.72. The monoisotopic (exact) mass is 436 g/mol. The molecule has 5 nitrogen and oxygen atoms in total. The molecular weight excluding hydrogens is 428 g/mol. The van der Waals surface area contributed by atoms with Gasteiger partial charge >= 0.3 is 0 Å². The summed E-state index contributed by atoms with van der Waals surface area (Å²) < 4.78 is 1.21. The quantitative estimate of drug-likeness (QED) is 0.496. The molecule has 2 aromatic rings. The number of amides is 1. The Labute approximate surface area is 149 Å². The number of phenols is 2. The molecule has 1 amide bonds. The standard InChI is InChI=1S/C16H10Br2N2O3/c17-11-1-3-12(4-2-11)20-16(23)10(8-19)5-9-6-13(18)15(22)7-14(9)21/h1-7,21-22H,(H,20,23)/b10-5-. The molecule has 0 radical (unpaired) electrons. The van der Waals surface area contributed by atoms with E-state index in [-0.39, 0.29) is 22.6 Å². The normalized spacial score (nSPS) is 10.9. The van der Waals surface area contributed by atoms with Gasteiger partial charge in [0.15, 0.2) is 0 Å². The Balaban J connectivity index is 2.28. The third-order valence-corrected chi connectivity index (χ3v) is 4.03. The van der Waals surface area contributed by atoms with Crippen LogP contribution < -0.4 is 5.32 Å². The van der Waals surface area contributed by atoms with E-state index in [2.05, 4.69) is 37.2 Å². The molecule has 2 rings (SSSR count). The first-order valence-corrected chi connectivity index (χ1v) is 7.89. The van der Waals surface area contributed by atoms with Gasteiger partial charge in [-0.05, 0) is 52.3 Å². The lowest BCUT2D eigenvalue weighted by atomic mass is 10.1. The Bertz CT molecular complexity index is 824. The molecule has 2 aromatic carbocycles. The van der Waals surface area contributed by atoms with E-state index in [1.54, 1.807) is 30.3 Å². The molecule has 0 fully saturated rings. The number of nitrogens with one attached hydrogen (secondary N) is 1. The molecule has 0 atom stereocenters. The van der Waals surface area contributed by atoms with E-state index < -0.39 is 5.91 Å². The highest BCUT2D eigenvalue weighted by Gasteiger charge is 2.12. The van der Waals surface area contributed by atoms with Crippen LogP contribution in [-0.4, -0.2) is 16.1 Å². The largest absolute Gasteiger partial charge is 0.507 e. The first kappa shape index (κ1) is 17.1. The Kier molecular flexibility index (Phi) is 5.42. The molecular formula is C16H10Br2N2O3. The van der Waals surface area contributed by atoms with Crippen LogP contribution in [0.25, 0.3) is 6.08 Å². The van der Waals surface area contributed by atoms with E-state index in [4.69, 9.17) is 5.26 Å². The van der Waals surface area contributed by atoms with Gasteiger partial charge in [0.25, 0.3) is 5.91 Å². The van der Waals surface area contributed by atoms with Crippen molar-refractivity contribution >= 4 is 49.5 Å². The molecule has 23 heavy (non-hydrogen) atoms. The Morgan fingerprint density at radius 3 is 2.39 bits per heavy atom. The van der Waals surface area contributed by atoms with Crippen LogP contribution in [0.3, 0.4) is 0 Å². The molecule has 0 saturated heterocycles. The van der Waals surface area contributed by atoms with Crippen LogP contribution in [0.4, 0.5) is 5.69 Å². The van der Waals surface area contributed by atoms with Crippen LogP contribution in [0.5, 0.6) is 11.5 Å². The molecule has 0 unspecified atom stereocenters. The summed E-state index contributed by atoms with van der Waals surface area (Å²) in [5.41, 5.74) is 0.591. The van der Waals surface area contributed by atoms with Crippen LogP contribution in [0.1, 0.15) is 5.56 Å². The highest BCUT2D eigenvalue weighted by Crippen LogP contribution is 2.32. The minimum Gasteiger partial charge on any atom is -0.507 e. The predicted octanol–water partition coefficient (Wildman–Crippen LogP) is 4.17. The van der Waals surface area contributed by atoms with Crippen LogP contribution >= 0.6 is 31.9 Å². The number of halogens is 2. The van der Waals surface area contributed by atoms with Crippen molar-refractivity contribution in [2.24, 2.45) is 0 Å². The minimum atomic E-state index is -0.599. The minimum absolute atomic E-state index is 0.141. The summed E-state index contributed by atoms with van der Waals surface area (Å²) >= 11 is 6.40. The molecule has 0 aromatic heterocycles. The van der Waals surface area contributed by atoms with Crippen LogP contribution in [0.2, 0.25) is 0 Å². The summed E-state index contributed by atoms with van der Waals surface area (Å²) in [6.45, 7) is 0. The number of hydrogen-bond acceptors (Lipinski definition) is 4. The fraction of sp³-hybridized carbons (Fsp3) is 0. The van der Waals surface area contributed by atoms with E-state index in [1.807, 2.05) is 0 Å². The smallest absolute Gasteiger partial charge is 0.266 e. The summed E-state index contributed by atoms with van der Waals surface area (Å²) in [5.74, 6) is -0.981. The molecule has 0 heterocycles. The van der Waals surface area contributed by atoms with Crippen LogP contribution in [0, 0.1) is 11.3 Å². The number of benzene rings is 2. The second kappa shape index (κ2) is 7.31.